The number of rotatable bonds is 4. The summed E-state index contributed by atoms with van der Waals surface area (Å²) >= 11 is 3.23. The lowest BCUT2D eigenvalue weighted by Crippen LogP contribution is -2.49. The van der Waals surface area contributed by atoms with Crippen LogP contribution in [0.15, 0.2) is 22.7 Å². The highest BCUT2D eigenvalue weighted by Crippen LogP contribution is 2.35. The number of carbonyl (C=O) groups is 1. The van der Waals surface area contributed by atoms with Crippen LogP contribution in [0.5, 0.6) is 0 Å². The van der Waals surface area contributed by atoms with E-state index >= 15 is 0 Å². The molecule has 1 saturated carbocycles. The minimum atomic E-state index is -0.389. The third-order valence-corrected chi connectivity index (χ3v) is 4.67. The molecule has 0 radical (unpaired) electrons. The van der Waals surface area contributed by atoms with Crippen LogP contribution in [0.1, 0.15) is 31.2 Å². The topological polar surface area (TPSA) is 20.3 Å². The smallest absolute Gasteiger partial charge is 0.157 e. The number of Topliss-reactive ketones (excluding diaryl/α,β-unsaturated/α-hetero) is 1. The lowest BCUT2D eigenvalue weighted by Gasteiger charge is -2.34. The first-order valence-corrected chi connectivity index (χ1v) is 7.40. The van der Waals surface area contributed by atoms with Crippen molar-refractivity contribution in [3.8, 4) is 0 Å². The van der Waals surface area contributed by atoms with Gasteiger partial charge < -0.3 is 0 Å². The van der Waals surface area contributed by atoms with E-state index in [2.05, 4.69) is 15.9 Å². The standard InChI is InChI=1S/C15H19BrFNO/c1-18(2)15(7-3-4-8-15)14(19)9-11-5-6-12(16)10-13(11)17/h5-6,10H,3-4,7-9H2,1-2H3. The molecule has 0 aromatic heterocycles. The summed E-state index contributed by atoms with van der Waals surface area (Å²) in [6, 6.07) is 4.89. The van der Waals surface area contributed by atoms with Gasteiger partial charge in [-0.3, -0.25) is 9.69 Å². The number of halogens is 2. The second kappa shape index (κ2) is 5.71. The Bertz CT molecular complexity index is 481. The Labute approximate surface area is 122 Å². The van der Waals surface area contributed by atoms with Gasteiger partial charge in [0.05, 0.1) is 5.54 Å². The summed E-state index contributed by atoms with van der Waals surface area (Å²) in [6.45, 7) is 0. The molecular weight excluding hydrogens is 309 g/mol. The van der Waals surface area contributed by atoms with Crippen molar-refractivity contribution >= 4 is 21.7 Å². The van der Waals surface area contributed by atoms with Crippen LogP contribution in [0.3, 0.4) is 0 Å². The quantitative estimate of drug-likeness (QED) is 0.842. The molecule has 0 N–H and O–H groups in total. The molecule has 0 aliphatic heterocycles. The summed E-state index contributed by atoms with van der Waals surface area (Å²) < 4.78 is 14.5. The molecule has 0 spiro atoms. The van der Waals surface area contributed by atoms with E-state index in [1.54, 1.807) is 12.1 Å². The molecule has 2 rings (SSSR count). The maximum Gasteiger partial charge on any atom is 0.157 e. The fourth-order valence-corrected chi connectivity index (χ4v) is 3.27. The first kappa shape index (κ1) is 14.7. The highest BCUT2D eigenvalue weighted by atomic mass is 79.9. The summed E-state index contributed by atoms with van der Waals surface area (Å²) in [7, 11) is 3.89. The molecule has 0 bridgehead atoms. The average Bonchev–Trinajstić information content (AvgIpc) is 2.83. The summed E-state index contributed by atoms with van der Waals surface area (Å²) in [4.78, 5) is 14.6. The van der Waals surface area contributed by atoms with Crippen molar-refractivity contribution in [2.75, 3.05) is 14.1 Å². The van der Waals surface area contributed by atoms with E-state index in [-0.39, 0.29) is 23.6 Å². The molecule has 0 heterocycles. The van der Waals surface area contributed by atoms with Gasteiger partial charge in [-0.15, -0.1) is 0 Å². The number of benzene rings is 1. The molecule has 0 amide bonds. The molecule has 104 valence electrons. The van der Waals surface area contributed by atoms with Crippen LogP contribution in [-0.4, -0.2) is 30.3 Å². The number of hydrogen-bond donors (Lipinski definition) is 0. The van der Waals surface area contributed by atoms with Gasteiger partial charge in [-0.1, -0.05) is 34.8 Å². The number of hydrogen-bond acceptors (Lipinski definition) is 2. The van der Waals surface area contributed by atoms with Gasteiger partial charge >= 0.3 is 0 Å². The van der Waals surface area contributed by atoms with E-state index in [1.165, 1.54) is 6.07 Å². The Balaban J connectivity index is 2.20. The molecule has 0 atom stereocenters. The maximum absolute atomic E-state index is 13.8. The van der Waals surface area contributed by atoms with E-state index < -0.39 is 0 Å². The molecule has 1 aliphatic carbocycles. The maximum atomic E-state index is 13.8. The van der Waals surface area contributed by atoms with Crippen LogP contribution in [0.25, 0.3) is 0 Å². The largest absolute Gasteiger partial charge is 0.297 e. The van der Waals surface area contributed by atoms with Crippen LogP contribution < -0.4 is 0 Å². The number of ketones is 1. The van der Waals surface area contributed by atoms with Crippen molar-refractivity contribution in [1.29, 1.82) is 0 Å². The van der Waals surface area contributed by atoms with E-state index in [4.69, 9.17) is 0 Å². The van der Waals surface area contributed by atoms with Crippen LogP contribution in [0.4, 0.5) is 4.39 Å². The average molecular weight is 328 g/mol. The van der Waals surface area contributed by atoms with E-state index in [0.29, 0.717) is 10.0 Å². The second-order valence-electron chi connectivity index (χ2n) is 5.47. The van der Waals surface area contributed by atoms with Gasteiger partial charge in [-0.25, -0.2) is 4.39 Å². The Hall–Kier alpha value is -0.740. The Morgan fingerprint density at radius 3 is 2.53 bits per heavy atom. The SMILES string of the molecule is CN(C)C1(C(=O)Cc2ccc(Br)cc2F)CCCC1. The van der Waals surface area contributed by atoms with Crippen LogP contribution in [0.2, 0.25) is 0 Å². The van der Waals surface area contributed by atoms with Crippen molar-refractivity contribution in [2.24, 2.45) is 0 Å². The van der Waals surface area contributed by atoms with Gasteiger partial charge in [0, 0.05) is 10.9 Å². The van der Waals surface area contributed by atoms with Gasteiger partial charge in [0.2, 0.25) is 0 Å². The van der Waals surface area contributed by atoms with Gasteiger partial charge in [0.1, 0.15) is 5.82 Å². The minimum Gasteiger partial charge on any atom is -0.297 e. The summed E-state index contributed by atoms with van der Waals surface area (Å²) in [6.07, 6.45) is 4.10. The predicted molar refractivity (Wildman–Crippen MR) is 77.7 cm³/mol. The lowest BCUT2D eigenvalue weighted by molar-refractivity contribution is -0.128. The molecular formula is C15H19BrFNO. The summed E-state index contributed by atoms with van der Waals surface area (Å²) in [5.74, 6) is -0.175. The predicted octanol–water partition coefficient (Wildman–Crippen LogP) is 3.57. The monoisotopic (exact) mass is 327 g/mol. The summed E-state index contributed by atoms with van der Waals surface area (Å²) in [5.41, 5.74) is 0.0980. The van der Waals surface area contributed by atoms with Crippen LogP contribution in [0, 0.1) is 5.82 Å². The second-order valence-corrected chi connectivity index (χ2v) is 6.38. The lowest BCUT2D eigenvalue weighted by atomic mass is 9.87. The first-order valence-electron chi connectivity index (χ1n) is 6.60. The number of carbonyl (C=O) groups excluding carboxylic acids is 1. The van der Waals surface area contributed by atoms with Gasteiger partial charge in [-0.05, 0) is 44.6 Å². The van der Waals surface area contributed by atoms with Gasteiger partial charge in [0.25, 0.3) is 0 Å². The first-order chi connectivity index (χ1) is 8.95. The van der Waals surface area contributed by atoms with Gasteiger partial charge in [0.15, 0.2) is 5.78 Å². The number of likely N-dealkylation sites (N-methyl/N-ethyl adjacent to an activating group) is 1. The molecule has 1 aromatic rings. The fourth-order valence-electron chi connectivity index (χ4n) is 2.94. The molecule has 1 aliphatic rings. The Kier molecular flexibility index (Phi) is 4.41. The fraction of sp³-hybridized carbons (Fsp3) is 0.533. The normalized spacial score (nSPS) is 17.9. The van der Waals surface area contributed by atoms with Crippen LogP contribution in [-0.2, 0) is 11.2 Å². The van der Waals surface area contributed by atoms with E-state index in [1.807, 2.05) is 19.0 Å². The molecule has 4 heteroatoms. The Morgan fingerprint density at radius 2 is 2.00 bits per heavy atom. The van der Waals surface area contributed by atoms with Crippen LogP contribution >= 0.6 is 15.9 Å². The van der Waals surface area contributed by atoms with Crippen molar-refractivity contribution in [1.82, 2.24) is 4.90 Å². The highest BCUT2D eigenvalue weighted by molar-refractivity contribution is 9.10. The zero-order chi connectivity index (χ0) is 14.0. The van der Waals surface area contributed by atoms with E-state index in [9.17, 15) is 9.18 Å². The van der Waals surface area contributed by atoms with Crippen molar-refractivity contribution in [3.05, 3.63) is 34.1 Å². The molecule has 19 heavy (non-hydrogen) atoms. The third-order valence-electron chi connectivity index (χ3n) is 4.17. The Morgan fingerprint density at radius 1 is 1.37 bits per heavy atom. The van der Waals surface area contributed by atoms with Crippen molar-refractivity contribution in [3.63, 3.8) is 0 Å². The third kappa shape index (κ3) is 2.90. The summed E-state index contributed by atoms with van der Waals surface area (Å²) in [5, 5.41) is 0. The molecule has 2 nitrogen and oxygen atoms in total. The minimum absolute atomic E-state index is 0.135. The van der Waals surface area contributed by atoms with Crippen molar-refractivity contribution < 1.29 is 9.18 Å². The molecule has 1 fully saturated rings. The molecule has 1 aromatic carbocycles. The van der Waals surface area contributed by atoms with Gasteiger partial charge in [-0.2, -0.15) is 0 Å². The zero-order valence-corrected chi connectivity index (χ0v) is 13.0. The molecule has 0 saturated heterocycles. The molecule has 0 unspecified atom stereocenters. The van der Waals surface area contributed by atoms with Crippen molar-refractivity contribution in [2.45, 2.75) is 37.6 Å². The highest BCUT2D eigenvalue weighted by Gasteiger charge is 2.42. The number of nitrogens with zero attached hydrogens (tertiary/aromatic N) is 1. The van der Waals surface area contributed by atoms with E-state index in [0.717, 1.165) is 25.7 Å². The zero-order valence-electron chi connectivity index (χ0n) is 11.4.